The van der Waals surface area contributed by atoms with Crippen LogP contribution in [0.5, 0.6) is 0 Å². The summed E-state index contributed by atoms with van der Waals surface area (Å²) in [6, 6.07) is 13.8. The van der Waals surface area contributed by atoms with Gasteiger partial charge in [0, 0.05) is 43.3 Å². The van der Waals surface area contributed by atoms with Crippen molar-refractivity contribution >= 4 is 17.5 Å². The van der Waals surface area contributed by atoms with Crippen LogP contribution < -0.4 is 10.6 Å². The van der Waals surface area contributed by atoms with E-state index in [4.69, 9.17) is 11.6 Å². The Kier molecular flexibility index (Phi) is 4.27. The fourth-order valence-electron chi connectivity index (χ4n) is 3.56. The van der Waals surface area contributed by atoms with E-state index in [1.165, 1.54) is 11.1 Å². The summed E-state index contributed by atoms with van der Waals surface area (Å²) in [6.07, 6.45) is 0. The molecular formula is C19H20ClN3O. The van der Waals surface area contributed by atoms with E-state index in [-0.39, 0.29) is 11.9 Å². The number of rotatable bonds is 2. The zero-order valence-corrected chi connectivity index (χ0v) is 14.1. The number of carbonyl (C=O) groups is 1. The lowest BCUT2D eigenvalue weighted by Crippen LogP contribution is -2.48. The minimum atomic E-state index is -0.0358. The van der Waals surface area contributed by atoms with Crippen molar-refractivity contribution in [2.45, 2.75) is 19.1 Å². The molecule has 5 heteroatoms. The topological polar surface area (TPSA) is 44.4 Å². The first-order chi connectivity index (χ1) is 11.7. The van der Waals surface area contributed by atoms with Gasteiger partial charge >= 0.3 is 0 Å². The molecule has 2 aliphatic rings. The molecule has 4 nitrogen and oxygen atoms in total. The second-order valence-electron chi connectivity index (χ2n) is 6.33. The van der Waals surface area contributed by atoms with Gasteiger partial charge in [0.1, 0.15) is 0 Å². The van der Waals surface area contributed by atoms with Gasteiger partial charge in [0.2, 0.25) is 0 Å². The van der Waals surface area contributed by atoms with E-state index < -0.39 is 0 Å². The Balaban J connectivity index is 1.65. The highest BCUT2D eigenvalue weighted by Gasteiger charge is 2.30. The van der Waals surface area contributed by atoms with E-state index in [2.05, 4.69) is 16.7 Å². The van der Waals surface area contributed by atoms with Gasteiger partial charge in [-0.1, -0.05) is 35.9 Å². The Morgan fingerprint density at radius 3 is 2.79 bits per heavy atom. The summed E-state index contributed by atoms with van der Waals surface area (Å²) < 4.78 is 0. The van der Waals surface area contributed by atoms with E-state index in [0.29, 0.717) is 11.6 Å². The predicted molar refractivity (Wildman–Crippen MR) is 95.1 cm³/mol. The molecule has 2 aromatic carbocycles. The van der Waals surface area contributed by atoms with Gasteiger partial charge in [0.25, 0.3) is 5.91 Å². The first kappa shape index (κ1) is 15.6. The number of nitrogens with one attached hydrogen (secondary N) is 2. The normalized spacial score (nSPS) is 20.0. The van der Waals surface area contributed by atoms with Crippen LogP contribution in [0.1, 0.15) is 33.1 Å². The summed E-state index contributed by atoms with van der Waals surface area (Å²) in [5, 5.41) is 7.41. The van der Waals surface area contributed by atoms with Gasteiger partial charge in [-0.05, 0) is 34.9 Å². The molecule has 1 amide bonds. The number of hydrogen-bond donors (Lipinski definition) is 2. The summed E-state index contributed by atoms with van der Waals surface area (Å²) >= 11 is 6.38. The third-order valence-corrected chi connectivity index (χ3v) is 5.20. The summed E-state index contributed by atoms with van der Waals surface area (Å²) in [6.45, 7) is 3.94. The van der Waals surface area contributed by atoms with Crippen LogP contribution in [-0.4, -0.2) is 30.4 Å². The molecule has 1 saturated heterocycles. The minimum Gasteiger partial charge on any atom is -0.329 e. The van der Waals surface area contributed by atoms with Gasteiger partial charge in [-0.15, -0.1) is 0 Å². The Labute approximate surface area is 146 Å². The first-order valence-corrected chi connectivity index (χ1v) is 8.70. The molecule has 0 bridgehead atoms. The molecule has 2 heterocycles. The van der Waals surface area contributed by atoms with E-state index >= 15 is 0 Å². The molecule has 0 spiro atoms. The monoisotopic (exact) mass is 341 g/mol. The highest BCUT2D eigenvalue weighted by atomic mass is 35.5. The number of hydrogen-bond acceptors (Lipinski definition) is 3. The second kappa shape index (κ2) is 6.55. The van der Waals surface area contributed by atoms with Crippen LogP contribution in [0, 0.1) is 0 Å². The number of benzene rings is 2. The number of carbonyl (C=O) groups excluding carboxylic acids is 1. The maximum Gasteiger partial charge on any atom is 0.254 e. The Morgan fingerprint density at radius 2 is 1.92 bits per heavy atom. The highest BCUT2D eigenvalue weighted by molar-refractivity contribution is 6.31. The largest absolute Gasteiger partial charge is 0.329 e. The summed E-state index contributed by atoms with van der Waals surface area (Å²) in [5.74, 6) is 0.0797. The van der Waals surface area contributed by atoms with Crippen molar-refractivity contribution in [3.63, 3.8) is 0 Å². The van der Waals surface area contributed by atoms with Crippen molar-refractivity contribution in [3.8, 4) is 0 Å². The SMILES string of the molecule is O=C(c1ccc2c(c1)CNC2)N1CCNCC1c1ccccc1Cl. The van der Waals surface area contributed by atoms with Gasteiger partial charge < -0.3 is 15.5 Å². The van der Waals surface area contributed by atoms with E-state index in [9.17, 15) is 4.79 Å². The van der Waals surface area contributed by atoms with Crippen molar-refractivity contribution in [2.24, 2.45) is 0 Å². The van der Waals surface area contributed by atoms with Crippen molar-refractivity contribution in [2.75, 3.05) is 19.6 Å². The van der Waals surface area contributed by atoms with Crippen molar-refractivity contribution < 1.29 is 4.79 Å². The third-order valence-electron chi connectivity index (χ3n) is 4.85. The lowest BCUT2D eigenvalue weighted by Gasteiger charge is -2.37. The standard InChI is InChI=1S/C19H20ClN3O/c20-17-4-2-1-3-16(17)18-12-21-7-8-23(18)19(24)13-5-6-14-10-22-11-15(14)9-13/h1-6,9,18,21-22H,7-8,10-12H2. The van der Waals surface area contributed by atoms with Crippen molar-refractivity contribution in [3.05, 3.63) is 69.7 Å². The molecule has 0 aliphatic carbocycles. The maximum atomic E-state index is 13.1. The molecule has 1 fully saturated rings. The van der Waals surface area contributed by atoms with Gasteiger partial charge in [0.15, 0.2) is 0 Å². The zero-order valence-electron chi connectivity index (χ0n) is 13.4. The van der Waals surface area contributed by atoms with Crippen molar-refractivity contribution in [1.29, 1.82) is 0 Å². The Hall–Kier alpha value is -1.88. The van der Waals surface area contributed by atoms with Crippen LogP contribution in [0.4, 0.5) is 0 Å². The van der Waals surface area contributed by atoms with Gasteiger partial charge in [-0.25, -0.2) is 0 Å². The average Bonchev–Trinajstić information content (AvgIpc) is 3.09. The Bertz CT molecular complexity index is 777. The van der Waals surface area contributed by atoms with Crippen LogP contribution in [0.15, 0.2) is 42.5 Å². The molecule has 2 aromatic rings. The molecule has 24 heavy (non-hydrogen) atoms. The van der Waals surface area contributed by atoms with Crippen LogP contribution in [0.25, 0.3) is 0 Å². The van der Waals surface area contributed by atoms with E-state index in [1.807, 2.05) is 41.3 Å². The molecule has 124 valence electrons. The van der Waals surface area contributed by atoms with Crippen LogP contribution >= 0.6 is 11.6 Å². The van der Waals surface area contributed by atoms with Gasteiger partial charge in [-0.3, -0.25) is 4.79 Å². The molecule has 2 aliphatic heterocycles. The molecule has 1 atom stereocenters. The summed E-state index contributed by atoms with van der Waals surface area (Å²) in [5.41, 5.74) is 4.28. The lowest BCUT2D eigenvalue weighted by atomic mass is 10.0. The smallest absolute Gasteiger partial charge is 0.254 e. The zero-order chi connectivity index (χ0) is 16.5. The number of nitrogens with zero attached hydrogens (tertiary/aromatic N) is 1. The first-order valence-electron chi connectivity index (χ1n) is 8.32. The quantitative estimate of drug-likeness (QED) is 0.882. The number of fused-ring (bicyclic) bond motifs is 1. The Morgan fingerprint density at radius 1 is 1.08 bits per heavy atom. The number of amides is 1. The fourth-order valence-corrected chi connectivity index (χ4v) is 3.83. The summed E-state index contributed by atoms with van der Waals surface area (Å²) in [7, 11) is 0. The molecule has 0 aromatic heterocycles. The molecule has 2 N–H and O–H groups in total. The van der Waals surface area contributed by atoms with Crippen LogP contribution in [0.3, 0.4) is 0 Å². The van der Waals surface area contributed by atoms with Crippen LogP contribution in [-0.2, 0) is 13.1 Å². The number of piperazine rings is 1. The third kappa shape index (κ3) is 2.81. The number of halogens is 1. The van der Waals surface area contributed by atoms with E-state index in [0.717, 1.165) is 37.3 Å². The van der Waals surface area contributed by atoms with Crippen molar-refractivity contribution in [1.82, 2.24) is 15.5 Å². The maximum absolute atomic E-state index is 13.1. The minimum absolute atomic E-state index is 0.0358. The molecular weight excluding hydrogens is 322 g/mol. The second-order valence-corrected chi connectivity index (χ2v) is 6.73. The summed E-state index contributed by atoms with van der Waals surface area (Å²) in [4.78, 5) is 15.1. The average molecular weight is 342 g/mol. The van der Waals surface area contributed by atoms with E-state index in [1.54, 1.807) is 0 Å². The predicted octanol–water partition coefficient (Wildman–Crippen LogP) is 2.73. The van der Waals surface area contributed by atoms with Gasteiger partial charge in [0.05, 0.1) is 6.04 Å². The fraction of sp³-hybridized carbons (Fsp3) is 0.316. The lowest BCUT2D eigenvalue weighted by molar-refractivity contribution is 0.0634. The molecule has 0 saturated carbocycles. The molecule has 1 unspecified atom stereocenters. The highest BCUT2D eigenvalue weighted by Crippen LogP contribution is 2.30. The molecule has 0 radical (unpaired) electrons. The van der Waals surface area contributed by atoms with Gasteiger partial charge in [-0.2, -0.15) is 0 Å². The molecule has 4 rings (SSSR count). The van der Waals surface area contributed by atoms with Crippen LogP contribution in [0.2, 0.25) is 5.02 Å².